The Morgan fingerprint density at radius 3 is 2.39 bits per heavy atom. The fraction of sp³-hybridized carbons (Fsp3) is 0.364. The van der Waals surface area contributed by atoms with Gasteiger partial charge in [-0.05, 0) is 61.2 Å². The van der Waals surface area contributed by atoms with Gasteiger partial charge >= 0.3 is 0 Å². The molecule has 0 aliphatic carbocycles. The minimum Gasteiger partial charge on any atom is -0.351 e. The molecule has 2 amide bonds. The van der Waals surface area contributed by atoms with Crippen LogP contribution in [0.4, 0.5) is 10.1 Å². The molecular formula is C22H24FN3O4S. The van der Waals surface area contributed by atoms with Crippen molar-refractivity contribution < 1.29 is 22.4 Å². The highest BCUT2D eigenvalue weighted by Gasteiger charge is 2.39. The maximum absolute atomic E-state index is 13.2. The molecule has 2 aliphatic rings. The Morgan fingerprint density at radius 1 is 1.03 bits per heavy atom. The van der Waals surface area contributed by atoms with Crippen LogP contribution in [0.3, 0.4) is 0 Å². The van der Waals surface area contributed by atoms with E-state index >= 15 is 0 Å². The summed E-state index contributed by atoms with van der Waals surface area (Å²) >= 11 is 0. The Bertz CT molecular complexity index is 1070. The molecule has 2 saturated heterocycles. The smallest absolute Gasteiger partial charge is 0.243 e. The van der Waals surface area contributed by atoms with E-state index in [1.54, 1.807) is 4.90 Å². The van der Waals surface area contributed by atoms with Crippen molar-refractivity contribution in [1.82, 2.24) is 9.62 Å². The zero-order valence-corrected chi connectivity index (χ0v) is 17.8. The summed E-state index contributed by atoms with van der Waals surface area (Å²) in [6, 6.07) is 11.2. The van der Waals surface area contributed by atoms with Crippen molar-refractivity contribution in [2.24, 2.45) is 0 Å². The molecule has 31 heavy (non-hydrogen) atoms. The molecule has 2 fully saturated rings. The van der Waals surface area contributed by atoms with E-state index in [0.717, 1.165) is 36.3 Å². The van der Waals surface area contributed by atoms with Crippen molar-refractivity contribution in [3.63, 3.8) is 0 Å². The van der Waals surface area contributed by atoms with Crippen LogP contribution in [0, 0.1) is 5.82 Å². The molecule has 0 radical (unpaired) electrons. The van der Waals surface area contributed by atoms with Gasteiger partial charge in [0.2, 0.25) is 21.8 Å². The molecule has 7 nitrogen and oxygen atoms in total. The van der Waals surface area contributed by atoms with Crippen molar-refractivity contribution in [1.29, 1.82) is 0 Å². The van der Waals surface area contributed by atoms with E-state index in [1.807, 2.05) is 24.3 Å². The minimum atomic E-state index is -3.88. The van der Waals surface area contributed by atoms with Gasteiger partial charge in [-0.1, -0.05) is 12.1 Å². The number of carbonyl (C=O) groups excluding carboxylic acids is 2. The summed E-state index contributed by atoms with van der Waals surface area (Å²) in [5, 5.41) is 2.82. The van der Waals surface area contributed by atoms with Crippen LogP contribution in [-0.4, -0.2) is 43.7 Å². The molecular weight excluding hydrogens is 421 g/mol. The summed E-state index contributed by atoms with van der Waals surface area (Å²) in [6.07, 6.45) is 2.44. The molecule has 0 unspecified atom stereocenters. The Kier molecular flexibility index (Phi) is 6.06. The average Bonchev–Trinajstić information content (AvgIpc) is 3.42. The van der Waals surface area contributed by atoms with E-state index in [9.17, 15) is 22.4 Å². The summed E-state index contributed by atoms with van der Waals surface area (Å²) in [5.41, 5.74) is 1.69. The predicted octanol–water partition coefficient (Wildman–Crippen LogP) is 2.42. The van der Waals surface area contributed by atoms with Crippen LogP contribution >= 0.6 is 0 Å². The first-order chi connectivity index (χ1) is 14.9. The summed E-state index contributed by atoms with van der Waals surface area (Å²) in [7, 11) is -3.88. The molecule has 0 aromatic heterocycles. The van der Waals surface area contributed by atoms with Gasteiger partial charge in [0.1, 0.15) is 11.9 Å². The largest absolute Gasteiger partial charge is 0.351 e. The second-order valence-corrected chi connectivity index (χ2v) is 9.65. The van der Waals surface area contributed by atoms with Gasteiger partial charge in [-0.2, -0.15) is 4.31 Å². The van der Waals surface area contributed by atoms with Crippen LogP contribution in [0.5, 0.6) is 0 Å². The Balaban J connectivity index is 1.40. The van der Waals surface area contributed by atoms with Gasteiger partial charge in [0.25, 0.3) is 0 Å². The van der Waals surface area contributed by atoms with Gasteiger partial charge in [-0.3, -0.25) is 9.59 Å². The third-order valence-corrected chi connectivity index (χ3v) is 7.64. The van der Waals surface area contributed by atoms with Gasteiger partial charge in [-0.15, -0.1) is 0 Å². The summed E-state index contributed by atoms with van der Waals surface area (Å²) in [4.78, 5) is 26.3. The van der Waals surface area contributed by atoms with Crippen molar-refractivity contribution in [2.45, 2.75) is 43.2 Å². The molecule has 4 rings (SSSR count). The number of sulfonamides is 1. The molecule has 0 saturated carbocycles. The Hall–Kier alpha value is -2.78. The van der Waals surface area contributed by atoms with Crippen LogP contribution < -0.4 is 10.2 Å². The third kappa shape index (κ3) is 4.47. The van der Waals surface area contributed by atoms with Crippen molar-refractivity contribution in [3.05, 3.63) is 59.9 Å². The number of rotatable bonds is 6. The first-order valence-corrected chi connectivity index (χ1v) is 11.7. The lowest BCUT2D eigenvalue weighted by molar-refractivity contribution is -0.124. The second-order valence-electron chi connectivity index (χ2n) is 7.76. The topological polar surface area (TPSA) is 86.8 Å². The van der Waals surface area contributed by atoms with Gasteiger partial charge in [0.05, 0.1) is 4.90 Å². The lowest BCUT2D eigenvalue weighted by Gasteiger charge is -2.23. The first-order valence-electron chi connectivity index (χ1n) is 10.3. The molecule has 2 heterocycles. The third-order valence-electron chi connectivity index (χ3n) is 5.71. The van der Waals surface area contributed by atoms with Crippen LogP contribution in [0.1, 0.15) is 31.2 Å². The molecule has 2 aromatic rings. The molecule has 1 N–H and O–H groups in total. The molecule has 0 bridgehead atoms. The highest BCUT2D eigenvalue weighted by Crippen LogP contribution is 2.27. The maximum Gasteiger partial charge on any atom is 0.243 e. The van der Waals surface area contributed by atoms with Crippen molar-refractivity contribution >= 4 is 27.5 Å². The summed E-state index contributed by atoms with van der Waals surface area (Å²) in [6.45, 7) is 1.22. The zero-order chi connectivity index (χ0) is 22.0. The number of hydrogen-bond acceptors (Lipinski definition) is 4. The second kappa shape index (κ2) is 8.76. The number of carbonyl (C=O) groups is 2. The van der Waals surface area contributed by atoms with Crippen LogP contribution in [-0.2, 0) is 26.2 Å². The highest BCUT2D eigenvalue weighted by atomic mass is 32.2. The van der Waals surface area contributed by atoms with E-state index in [0.29, 0.717) is 19.3 Å². The first kappa shape index (κ1) is 21.5. The van der Waals surface area contributed by atoms with Crippen LogP contribution in [0.15, 0.2) is 53.4 Å². The van der Waals surface area contributed by atoms with E-state index in [-0.39, 0.29) is 29.8 Å². The summed E-state index contributed by atoms with van der Waals surface area (Å²) < 4.78 is 40.2. The number of hydrogen-bond donors (Lipinski definition) is 1. The van der Waals surface area contributed by atoms with E-state index < -0.39 is 21.9 Å². The molecule has 2 aliphatic heterocycles. The molecule has 2 aromatic carbocycles. The lowest BCUT2D eigenvalue weighted by Crippen LogP contribution is -2.45. The minimum absolute atomic E-state index is 0.0272. The fourth-order valence-electron chi connectivity index (χ4n) is 4.05. The lowest BCUT2D eigenvalue weighted by atomic mass is 10.1. The SMILES string of the molecule is O=C(NCc1ccc(N2CCCC2=O)cc1)[C@H]1CCCN1S(=O)(=O)c1ccc(F)cc1. The standard InChI is InChI=1S/C22H24FN3O4S/c23-17-7-11-19(12-8-17)31(29,30)26-14-1-3-20(26)22(28)24-15-16-5-9-18(10-6-16)25-13-2-4-21(25)27/h5-12,20H,1-4,13-15H2,(H,24,28)/t20-/m1/s1. The van der Waals surface area contributed by atoms with Gasteiger partial charge in [-0.25, -0.2) is 12.8 Å². The maximum atomic E-state index is 13.2. The van der Waals surface area contributed by atoms with Gasteiger partial charge in [0, 0.05) is 31.7 Å². The van der Waals surface area contributed by atoms with E-state index in [2.05, 4.69) is 5.32 Å². The molecule has 164 valence electrons. The predicted molar refractivity (Wildman–Crippen MR) is 113 cm³/mol. The number of nitrogens with zero attached hydrogens (tertiary/aromatic N) is 2. The Morgan fingerprint density at radius 2 is 1.74 bits per heavy atom. The monoisotopic (exact) mass is 445 g/mol. The molecule has 0 spiro atoms. The number of nitrogens with one attached hydrogen (secondary N) is 1. The number of benzene rings is 2. The van der Waals surface area contributed by atoms with Gasteiger partial charge in [0.15, 0.2) is 0 Å². The molecule has 9 heteroatoms. The Labute approximate surface area is 180 Å². The van der Waals surface area contributed by atoms with Crippen molar-refractivity contribution in [3.8, 4) is 0 Å². The fourth-order valence-corrected chi connectivity index (χ4v) is 5.71. The van der Waals surface area contributed by atoms with Crippen molar-refractivity contribution in [2.75, 3.05) is 18.0 Å². The quantitative estimate of drug-likeness (QED) is 0.740. The van der Waals surface area contributed by atoms with Gasteiger partial charge < -0.3 is 10.2 Å². The number of anilines is 1. The average molecular weight is 446 g/mol. The van der Waals surface area contributed by atoms with Crippen LogP contribution in [0.25, 0.3) is 0 Å². The van der Waals surface area contributed by atoms with E-state index in [1.165, 1.54) is 16.4 Å². The highest BCUT2D eigenvalue weighted by molar-refractivity contribution is 7.89. The normalized spacial score (nSPS) is 19.7. The van der Waals surface area contributed by atoms with E-state index in [4.69, 9.17) is 0 Å². The molecule has 1 atom stereocenters. The number of halogens is 1. The number of amides is 2. The summed E-state index contributed by atoms with van der Waals surface area (Å²) in [5.74, 6) is -0.762. The zero-order valence-electron chi connectivity index (χ0n) is 17.0. The van der Waals surface area contributed by atoms with Crippen LogP contribution in [0.2, 0.25) is 0 Å².